The molecule has 1 amide bonds. The summed E-state index contributed by atoms with van der Waals surface area (Å²) in [4.78, 5) is 37.1. The van der Waals surface area contributed by atoms with Gasteiger partial charge < -0.3 is 10.1 Å². The summed E-state index contributed by atoms with van der Waals surface area (Å²) >= 11 is 0. The molecule has 0 saturated carbocycles. The summed E-state index contributed by atoms with van der Waals surface area (Å²) in [5.41, 5.74) is 0. The lowest BCUT2D eigenvalue weighted by Gasteiger charge is -2.21. The fraction of sp³-hybridized carbons (Fsp3) is 0.800. The van der Waals surface area contributed by atoms with Crippen LogP contribution in [-0.2, 0) is 19.1 Å². The predicted octanol–water partition coefficient (Wildman–Crippen LogP) is 0.457. The predicted molar refractivity (Wildman–Crippen MR) is 78.6 cm³/mol. The number of amides is 1. The smallest absolute Gasteiger partial charge is 0.310 e. The highest BCUT2D eigenvalue weighted by atomic mass is 16.5. The first-order valence-electron chi connectivity index (χ1n) is 7.36. The number of nitrogens with zero attached hydrogens (tertiary/aromatic N) is 1. The molecular weight excluding hydrogens is 272 g/mol. The van der Waals surface area contributed by atoms with E-state index in [1.54, 1.807) is 0 Å². The van der Waals surface area contributed by atoms with E-state index in [0.29, 0.717) is 13.1 Å². The van der Waals surface area contributed by atoms with Gasteiger partial charge in [0.15, 0.2) is 5.78 Å². The molecule has 0 aromatic rings. The molecule has 0 spiro atoms. The lowest BCUT2D eigenvalue weighted by atomic mass is 9.99. The monoisotopic (exact) mass is 298 g/mol. The van der Waals surface area contributed by atoms with Crippen molar-refractivity contribution in [2.75, 3.05) is 26.7 Å². The zero-order valence-electron chi connectivity index (χ0n) is 13.5. The second-order valence-electron chi connectivity index (χ2n) is 6.20. The molecule has 3 atom stereocenters. The number of ketones is 1. The van der Waals surface area contributed by atoms with Crippen LogP contribution in [0.3, 0.4) is 0 Å². The van der Waals surface area contributed by atoms with Gasteiger partial charge in [0.05, 0.1) is 25.6 Å². The summed E-state index contributed by atoms with van der Waals surface area (Å²) in [6, 6.07) is -0.450. The lowest BCUT2D eigenvalue weighted by Crippen LogP contribution is -2.47. The van der Waals surface area contributed by atoms with E-state index in [4.69, 9.17) is 4.74 Å². The van der Waals surface area contributed by atoms with Gasteiger partial charge in [0.2, 0.25) is 5.91 Å². The first kappa shape index (κ1) is 17.6. The Kier molecular flexibility index (Phi) is 6.33. The molecule has 3 unspecified atom stereocenters. The van der Waals surface area contributed by atoms with Gasteiger partial charge in [-0.15, -0.1) is 0 Å². The molecular formula is C15H26N2O4. The quantitative estimate of drug-likeness (QED) is 0.721. The van der Waals surface area contributed by atoms with Gasteiger partial charge in [0.25, 0.3) is 0 Å². The summed E-state index contributed by atoms with van der Waals surface area (Å²) in [5, 5.41) is 2.77. The van der Waals surface area contributed by atoms with Crippen molar-refractivity contribution < 1.29 is 19.1 Å². The van der Waals surface area contributed by atoms with Gasteiger partial charge in [0, 0.05) is 13.1 Å². The van der Waals surface area contributed by atoms with Crippen molar-refractivity contribution in [3.8, 4) is 0 Å². The number of carbonyl (C=O) groups is 3. The van der Waals surface area contributed by atoms with E-state index >= 15 is 0 Å². The van der Waals surface area contributed by atoms with Crippen LogP contribution >= 0.6 is 0 Å². The minimum Gasteiger partial charge on any atom is -0.469 e. The maximum atomic E-state index is 12.0. The topological polar surface area (TPSA) is 75.7 Å². The summed E-state index contributed by atoms with van der Waals surface area (Å²) < 4.78 is 4.77. The molecule has 1 saturated heterocycles. The van der Waals surface area contributed by atoms with E-state index in [1.807, 2.05) is 25.7 Å². The number of methoxy groups -OCH3 is 1. The third-order valence-corrected chi connectivity index (χ3v) is 3.98. The second kappa shape index (κ2) is 7.54. The average molecular weight is 298 g/mol. The summed E-state index contributed by atoms with van der Waals surface area (Å²) in [6.07, 6.45) is 0. The van der Waals surface area contributed by atoms with Crippen molar-refractivity contribution in [3.05, 3.63) is 0 Å². The lowest BCUT2D eigenvalue weighted by molar-refractivity contribution is -0.146. The van der Waals surface area contributed by atoms with Gasteiger partial charge in [-0.05, 0) is 18.8 Å². The van der Waals surface area contributed by atoms with Gasteiger partial charge >= 0.3 is 5.97 Å². The molecule has 0 radical (unpaired) electrons. The number of esters is 1. The molecule has 6 nitrogen and oxygen atoms in total. The van der Waals surface area contributed by atoms with Crippen LogP contribution in [0, 0.1) is 17.8 Å². The minimum absolute atomic E-state index is 0.0411. The van der Waals surface area contributed by atoms with Crippen LogP contribution in [0.2, 0.25) is 0 Å². The van der Waals surface area contributed by atoms with Gasteiger partial charge in [0.1, 0.15) is 0 Å². The average Bonchev–Trinajstić information content (AvgIpc) is 2.75. The summed E-state index contributed by atoms with van der Waals surface area (Å²) in [6.45, 7) is 8.67. The molecule has 0 aromatic carbocycles. The second-order valence-corrected chi connectivity index (χ2v) is 6.20. The SMILES string of the molecule is COC(=O)C1CN(CC(=O)NC(C(C)=O)C(C)C)CC1C. The Bertz CT molecular complexity index is 408. The Morgan fingerprint density at radius 1 is 1.29 bits per heavy atom. The molecule has 0 bridgehead atoms. The zero-order chi connectivity index (χ0) is 16.2. The normalized spacial score (nSPS) is 23.9. The number of rotatable bonds is 6. The number of Topliss-reactive ketones (excluding diaryl/α,β-unsaturated/α-hetero) is 1. The van der Waals surface area contributed by atoms with Crippen molar-refractivity contribution in [1.82, 2.24) is 10.2 Å². The van der Waals surface area contributed by atoms with Gasteiger partial charge in [-0.1, -0.05) is 20.8 Å². The third-order valence-electron chi connectivity index (χ3n) is 3.98. The van der Waals surface area contributed by atoms with Crippen molar-refractivity contribution in [1.29, 1.82) is 0 Å². The molecule has 6 heteroatoms. The largest absolute Gasteiger partial charge is 0.469 e. The maximum absolute atomic E-state index is 12.0. The first-order valence-corrected chi connectivity index (χ1v) is 7.36. The summed E-state index contributed by atoms with van der Waals surface area (Å²) in [7, 11) is 1.38. The van der Waals surface area contributed by atoms with Crippen molar-refractivity contribution in [2.24, 2.45) is 17.8 Å². The van der Waals surface area contributed by atoms with Crippen molar-refractivity contribution >= 4 is 17.7 Å². The van der Waals surface area contributed by atoms with Crippen LogP contribution in [0.25, 0.3) is 0 Å². The van der Waals surface area contributed by atoms with Crippen molar-refractivity contribution in [2.45, 2.75) is 33.7 Å². The van der Waals surface area contributed by atoms with E-state index < -0.39 is 6.04 Å². The highest BCUT2D eigenvalue weighted by Crippen LogP contribution is 2.23. The van der Waals surface area contributed by atoms with Gasteiger partial charge in [-0.3, -0.25) is 19.3 Å². The molecule has 0 aromatic heterocycles. The Morgan fingerprint density at radius 2 is 1.90 bits per heavy atom. The van der Waals surface area contributed by atoms with E-state index in [-0.39, 0.29) is 42.0 Å². The van der Waals surface area contributed by atoms with Crippen LogP contribution in [0.4, 0.5) is 0 Å². The Balaban J connectivity index is 2.53. The molecule has 0 aliphatic carbocycles. The molecule has 1 heterocycles. The van der Waals surface area contributed by atoms with E-state index in [2.05, 4.69) is 5.32 Å². The Hall–Kier alpha value is -1.43. The molecule has 21 heavy (non-hydrogen) atoms. The molecule has 1 aliphatic rings. The van der Waals surface area contributed by atoms with E-state index in [0.717, 1.165) is 0 Å². The summed E-state index contributed by atoms with van der Waals surface area (Å²) in [5.74, 6) is -0.404. The van der Waals surface area contributed by atoms with Crippen LogP contribution < -0.4 is 5.32 Å². The van der Waals surface area contributed by atoms with Gasteiger partial charge in [-0.25, -0.2) is 0 Å². The number of hydrogen-bond donors (Lipinski definition) is 1. The van der Waals surface area contributed by atoms with Crippen LogP contribution in [0.5, 0.6) is 0 Å². The molecule has 120 valence electrons. The molecule has 1 aliphatic heterocycles. The molecule has 1 fully saturated rings. The Labute approximate surface area is 126 Å². The Morgan fingerprint density at radius 3 is 2.38 bits per heavy atom. The fourth-order valence-electron chi connectivity index (χ4n) is 2.81. The molecule has 1 N–H and O–H groups in total. The van der Waals surface area contributed by atoms with E-state index in [9.17, 15) is 14.4 Å². The standard InChI is InChI=1S/C15H26N2O4/c1-9(2)14(11(4)18)16-13(19)8-17-6-10(3)12(7-17)15(20)21-5/h9-10,12,14H,6-8H2,1-5H3,(H,16,19). The van der Waals surface area contributed by atoms with Gasteiger partial charge in [-0.2, -0.15) is 0 Å². The van der Waals surface area contributed by atoms with E-state index in [1.165, 1.54) is 14.0 Å². The van der Waals surface area contributed by atoms with Crippen LogP contribution in [-0.4, -0.2) is 55.3 Å². The highest BCUT2D eigenvalue weighted by Gasteiger charge is 2.36. The molecule has 1 rings (SSSR count). The first-order chi connectivity index (χ1) is 9.76. The maximum Gasteiger partial charge on any atom is 0.310 e. The van der Waals surface area contributed by atoms with Crippen molar-refractivity contribution in [3.63, 3.8) is 0 Å². The minimum atomic E-state index is -0.450. The van der Waals surface area contributed by atoms with Crippen LogP contribution in [0.1, 0.15) is 27.7 Å². The van der Waals surface area contributed by atoms with Crippen LogP contribution in [0.15, 0.2) is 0 Å². The number of carbonyl (C=O) groups excluding carboxylic acids is 3. The number of hydrogen-bond acceptors (Lipinski definition) is 5. The fourth-order valence-corrected chi connectivity index (χ4v) is 2.81. The number of likely N-dealkylation sites (tertiary alicyclic amines) is 1. The highest BCUT2D eigenvalue weighted by molar-refractivity contribution is 5.88. The number of nitrogens with one attached hydrogen (secondary N) is 1. The zero-order valence-corrected chi connectivity index (χ0v) is 13.5. The third kappa shape index (κ3) is 4.81. The number of ether oxygens (including phenoxy) is 1.